The fourth-order valence-electron chi connectivity index (χ4n) is 1.24. The van der Waals surface area contributed by atoms with Gasteiger partial charge in [0.25, 0.3) is 0 Å². The van der Waals surface area contributed by atoms with Crippen LogP contribution in [0.5, 0.6) is 0 Å². The lowest BCUT2D eigenvalue weighted by Gasteiger charge is -2.21. The summed E-state index contributed by atoms with van der Waals surface area (Å²) in [7, 11) is 0. The molecular weight excluding hydrogens is 176 g/mol. The smallest absolute Gasteiger partial charge is 0.318 e. The van der Waals surface area contributed by atoms with Crippen LogP contribution in [0.4, 0.5) is 4.79 Å². The van der Waals surface area contributed by atoms with E-state index in [0.29, 0.717) is 13.1 Å². The molecule has 3 nitrogen and oxygen atoms in total. The van der Waals surface area contributed by atoms with Gasteiger partial charge in [0.2, 0.25) is 0 Å². The van der Waals surface area contributed by atoms with Crippen LogP contribution in [0.25, 0.3) is 0 Å². The SMILES string of the molecule is C#CC(CCC)NC(=O)N(CC)CC. The maximum Gasteiger partial charge on any atom is 0.318 e. The van der Waals surface area contributed by atoms with Gasteiger partial charge >= 0.3 is 6.03 Å². The predicted molar refractivity (Wildman–Crippen MR) is 59.0 cm³/mol. The standard InChI is InChI=1S/C11H20N2O/c1-5-9-10(6-2)12-11(14)13(7-3)8-4/h2,10H,5,7-9H2,1,3-4H3,(H,12,14). The summed E-state index contributed by atoms with van der Waals surface area (Å²) in [6.07, 6.45) is 7.12. The van der Waals surface area contributed by atoms with Crippen LogP contribution in [0.2, 0.25) is 0 Å². The Labute approximate surface area is 86.9 Å². The van der Waals surface area contributed by atoms with Gasteiger partial charge in [0.1, 0.15) is 0 Å². The van der Waals surface area contributed by atoms with E-state index in [-0.39, 0.29) is 12.1 Å². The number of hydrogen-bond donors (Lipinski definition) is 1. The molecule has 0 heterocycles. The molecule has 0 radical (unpaired) electrons. The summed E-state index contributed by atoms with van der Waals surface area (Å²) in [5.74, 6) is 2.58. The first-order valence-electron chi connectivity index (χ1n) is 5.21. The topological polar surface area (TPSA) is 32.3 Å². The van der Waals surface area contributed by atoms with Crippen LogP contribution in [-0.2, 0) is 0 Å². The van der Waals surface area contributed by atoms with Gasteiger partial charge in [-0.2, -0.15) is 0 Å². The molecule has 0 spiro atoms. The third kappa shape index (κ3) is 4.18. The summed E-state index contributed by atoms with van der Waals surface area (Å²) in [5, 5.41) is 2.82. The van der Waals surface area contributed by atoms with Gasteiger partial charge < -0.3 is 10.2 Å². The molecule has 80 valence electrons. The van der Waals surface area contributed by atoms with E-state index >= 15 is 0 Å². The molecule has 0 aliphatic rings. The van der Waals surface area contributed by atoms with E-state index in [0.717, 1.165) is 12.8 Å². The van der Waals surface area contributed by atoms with E-state index in [1.807, 2.05) is 20.8 Å². The van der Waals surface area contributed by atoms with Gasteiger partial charge in [-0.1, -0.05) is 19.3 Å². The Morgan fingerprint density at radius 1 is 1.43 bits per heavy atom. The zero-order valence-corrected chi connectivity index (χ0v) is 9.34. The summed E-state index contributed by atoms with van der Waals surface area (Å²) >= 11 is 0. The monoisotopic (exact) mass is 196 g/mol. The number of terminal acetylenes is 1. The lowest BCUT2D eigenvalue weighted by atomic mass is 10.2. The van der Waals surface area contributed by atoms with Crippen molar-refractivity contribution in [3.63, 3.8) is 0 Å². The Morgan fingerprint density at radius 3 is 2.36 bits per heavy atom. The van der Waals surface area contributed by atoms with E-state index < -0.39 is 0 Å². The average Bonchev–Trinajstić information content (AvgIpc) is 2.19. The van der Waals surface area contributed by atoms with E-state index in [2.05, 4.69) is 11.2 Å². The molecule has 0 fully saturated rings. The molecule has 0 aromatic rings. The Kier molecular flexibility index (Phi) is 6.65. The number of hydrogen-bond acceptors (Lipinski definition) is 1. The molecule has 0 aromatic carbocycles. The molecule has 0 rings (SSSR count). The maximum atomic E-state index is 11.6. The van der Waals surface area contributed by atoms with Crippen molar-refractivity contribution in [1.29, 1.82) is 0 Å². The van der Waals surface area contributed by atoms with Crippen LogP contribution in [0, 0.1) is 12.3 Å². The lowest BCUT2D eigenvalue weighted by molar-refractivity contribution is 0.201. The summed E-state index contributed by atoms with van der Waals surface area (Å²) in [4.78, 5) is 13.3. The Bertz CT molecular complexity index is 204. The van der Waals surface area contributed by atoms with E-state index in [1.165, 1.54) is 0 Å². The van der Waals surface area contributed by atoms with Crippen LogP contribution in [0.3, 0.4) is 0 Å². The molecule has 0 saturated heterocycles. The number of nitrogens with one attached hydrogen (secondary N) is 1. The van der Waals surface area contributed by atoms with Crippen LogP contribution < -0.4 is 5.32 Å². The fourth-order valence-corrected chi connectivity index (χ4v) is 1.24. The van der Waals surface area contributed by atoms with Gasteiger partial charge in [-0.3, -0.25) is 0 Å². The van der Waals surface area contributed by atoms with Crippen molar-refractivity contribution < 1.29 is 4.79 Å². The second-order valence-electron chi connectivity index (χ2n) is 3.13. The molecule has 14 heavy (non-hydrogen) atoms. The van der Waals surface area contributed by atoms with Gasteiger partial charge in [-0.25, -0.2) is 4.79 Å². The number of amides is 2. The van der Waals surface area contributed by atoms with Crippen LogP contribution in [0.1, 0.15) is 33.6 Å². The van der Waals surface area contributed by atoms with Gasteiger partial charge in [-0.15, -0.1) is 6.42 Å². The number of carbonyl (C=O) groups is 1. The minimum atomic E-state index is -0.131. The Hall–Kier alpha value is -1.17. The molecule has 0 saturated carbocycles. The second kappa shape index (κ2) is 7.25. The number of nitrogens with zero attached hydrogens (tertiary/aromatic N) is 1. The third-order valence-electron chi connectivity index (χ3n) is 2.13. The minimum absolute atomic E-state index is 0.0635. The van der Waals surface area contributed by atoms with E-state index in [9.17, 15) is 4.79 Å². The van der Waals surface area contributed by atoms with Crippen molar-refractivity contribution in [2.75, 3.05) is 13.1 Å². The Morgan fingerprint density at radius 2 is 2.00 bits per heavy atom. The first-order valence-corrected chi connectivity index (χ1v) is 5.21. The molecule has 0 aromatic heterocycles. The third-order valence-corrected chi connectivity index (χ3v) is 2.13. The molecule has 0 bridgehead atoms. The highest BCUT2D eigenvalue weighted by atomic mass is 16.2. The number of carbonyl (C=O) groups excluding carboxylic acids is 1. The first kappa shape index (κ1) is 12.8. The summed E-state index contributed by atoms with van der Waals surface area (Å²) in [6.45, 7) is 7.38. The quantitative estimate of drug-likeness (QED) is 0.669. The van der Waals surface area contributed by atoms with Gasteiger partial charge in [0, 0.05) is 13.1 Å². The minimum Gasteiger partial charge on any atom is -0.325 e. The van der Waals surface area contributed by atoms with Gasteiger partial charge in [0.15, 0.2) is 0 Å². The van der Waals surface area contributed by atoms with Crippen LogP contribution >= 0.6 is 0 Å². The molecule has 1 atom stereocenters. The predicted octanol–water partition coefficient (Wildman–Crippen LogP) is 1.84. The molecular formula is C11H20N2O. The highest BCUT2D eigenvalue weighted by Crippen LogP contribution is 1.97. The van der Waals surface area contributed by atoms with Gasteiger partial charge in [-0.05, 0) is 20.3 Å². The molecule has 0 aliphatic carbocycles. The van der Waals surface area contributed by atoms with Crippen LogP contribution in [0.15, 0.2) is 0 Å². The largest absolute Gasteiger partial charge is 0.325 e. The lowest BCUT2D eigenvalue weighted by Crippen LogP contribution is -2.44. The summed E-state index contributed by atoms with van der Waals surface area (Å²) < 4.78 is 0. The van der Waals surface area contributed by atoms with Crippen molar-refractivity contribution in [3.8, 4) is 12.3 Å². The summed E-state index contributed by atoms with van der Waals surface area (Å²) in [6, 6.07) is -0.195. The van der Waals surface area contributed by atoms with E-state index in [1.54, 1.807) is 4.90 Å². The van der Waals surface area contributed by atoms with Gasteiger partial charge in [0.05, 0.1) is 6.04 Å². The zero-order chi connectivity index (χ0) is 11.0. The maximum absolute atomic E-state index is 11.6. The first-order chi connectivity index (χ1) is 6.69. The Balaban J connectivity index is 4.08. The van der Waals surface area contributed by atoms with Crippen molar-refractivity contribution >= 4 is 6.03 Å². The zero-order valence-electron chi connectivity index (χ0n) is 9.34. The number of rotatable bonds is 5. The van der Waals surface area contributed by atoms with Crippen LogP contribution in [-0.4, -0.2) is 30.1 Å². The van der Waals surface area contributed by atoms with Crippen molar-refractivity contribution in [1.82, 2.24) is 10.2 Å². The number of urea groups is 1. The van der Waals surface area contributed by atoms with Crippen molar-refractivity contribution in [2.45, 2.75) is 39.7 Å². The molecule has 1 unspecified atom stereocenters. The second-order valence-corrected chi connectivity index (χ2v) is 3.13. The highest BCUT2D eigenvalue weighted by molar-refractivity contribution is 5.74. The fraction of sp³-hybridized carbons (Fsp3) is 0.727. The molecule has 2 amide bonds. The molecule has 1 N–H and O–H groups in total. The van der Waals surface area contributed by atoms with Crippen molar-refractivity contribution in [2.24, 2.45) is 0 Å². The average molecular weight is 196 g/mol. The molecule has 0 aliphatic heterocycles. The molecule has 3 heteroatoms. The summed E-state index contributed by atoms with van der Waals surface area (Å²) in [5.41, 5.74) is 0. The normalized spacial score (nSPS) is 11.6. The van der Waals surface area contributed by atoms with E-state index in [4.69, 9.17) is 6.42 Å². The highest BCUT2D eigenvalue weighted by Gasteiger charge is 2.12. The van der Waals surface area contributed by atoms with Crippen molar-refractivity contribution in [3.05, 3.63) is 0 Å².